The van der Waals surface area contributed by atoms with Crippen molar-refractivity contribution in [3.63, 3.8) is 0 Å². The number of hydrogen-bond donors (Lipinski definition) is 2. The molecular formula is C22H15Cl2FN2O3. The van der Waals surface area contributed by atoms with E-state index in [2.05, 4.69) is 5.32 Å². The summed E-state index contributed by atoms with van der Waals surface area (Å²) in [7, 11) is 0. The van der Waals surface area contributed by atoms with Crippen molar-refractivity contribution in [1.29, 1.82) is 0 Å². The summed E-state index contributed by atoms with van der Waals surface area (Å²) in [6.07, 6.45) is 0. The number of aliphatic hydroxyl groups is 1. The highest BCUT2D eigenvalue weighted by atomic mass is 35.5. The number of rotatable bonds is 4. The van der Waals surface area contributed by atoms with Crippen molar-refractivity contribution in [3.8, 4) is 0 Å². The van der Waals surface area contributed by atoms with Crippen LogP contribution in [0, 0.1) is 5.82 Å². The number of fused-ring (bicyclic) bond motifs is 1. The fourth-order valence-electron chi connectivity index (χ4n) is 3.51. The maximum Gasteiger partial charge on any atom is 0.268 e. The van der Waals surface area contributed by atoms with Crippen molar-refractivity contribution < 1.29 is 19.1 Å². The largest absolute Gasteiger partial charge is 0.372 e. The van der Waals surface area contributed by atoms with Crippen LogP contribution in [0.15, 0.2) is 66.7 Å². The van der Waals surface area contributed by atoms with Gasteiger partial charge in [-0.3, -0.25) is 14.5 Å². The van der Waals surface area contributed by atoms with E-state index in [1.165, 1.54) is 23.1 Å². The number of halogens is 3. The number of carbonyl (C=O) groups is 2. The number of nitrogens with zero attached hydrogens (tertiary/aromatic N) is 1. The van der Waals surface area contributed by atoms with Crippen LogP contribution in [-0.2, 0) is 15.2 Å². The lowest BCUT2D eigenvalue weighted by atomic mass is 9.87. The monoisotopic (exact) mass is 444 g/mol. The second kappa shape index (κ2) is 7.72. The van der Waals surface area contributed by atoms with Crippen LogP contribution in [0.3, 0.4) is 0 Å². The molecule has 0 saturated carbocycles. The normalized spacial score (nSPS) is 17.7. The van der Waals surface area contributed by atoms with Gasteiger partial charge in [-0.25, -0.2) is 4.39 Å². The van der Waals surface area contributed by atoms with E-state index in [9.17, 15) is 19.1 Å². The Bertz CT molecular complexity index is 1170. The lowest BCUT2D eigenvalue weighted by Crippen LogP contribution is -2.44. The summed E-state index contributed by atoms with van der Waals surface area (Å²) in [6, 6.07) is 16.8. The van der Waals surface area contributed by atoms with Crippen LogP contribution in [0.2, 0.25) is 10.0 Å². The molecule has 3 aromatic rings. The van der Waals surface area contributed by atoms with Gasteiger partial charge in [0.2, 0.25) is 5.91 Å². The van der Waals surface area contributed by atoms with Crippen molar-refractivity contribution >= 4 is 46.4 Å². The van der Waals surface area contributed by atoms with Gasteiger partial charge in [-0.1, -0.05) is 53.5 Å². The Labute approximate surface area is 181 Å². The maximum absolute atomic E-state index is 14.0. The van der Waals surface area contributed by atoms with Crippen LogP contribution >= 0.6 is 23.2 Å². The Morgan fingerprint density at radius 2 is 1.77 bits per heavy atom. The summed E-state index contributed by atoms with van der Waals surface area (Å²) in [4.78, 5) is 27.0. The molecule has 0 aromatic heterocycles. The first-order chi connectivity index (χ1) is 14.3. The number of hydrogen-bond acceptors (Lipinski definition) is 3. The van der Waals surface area contributed by atoms with E-state index in [4.69, 9.17) is 23.2 Å². The first-order valence-electron chi connectivity index (χ1n) is 8.95. The predicted octanol–water partition coefficient (Wildman–Crippen LogP) is 4.35. The molecule has 4 rings (SSSR count). The molecule has 0 bridgehead atoms. The summed E-state index contributed by atoms with van der Waals surface area (Å²) in [5.41, 5.74) is -1.04. The highest BCUT2D eigenvalue weighted by molar-refractivity contribution is 6.31. The molecule has 1 unspecified atom stereocenters. The van der Waals surface area contributed by atoms with E-state index >= 15 is 0 Å². The molecule has 5 nitrogen and oxygen atoms in total. The number of anilines is 2. The molecule has 2 amide bonds. The Morgan fingerprint density at radius 3 is 2.50 bits per heavy atom. The van der Waals surface area contributed by atoms with E-state index < -0.39 is 29.8 Å². The fourth-order valence-corrected chi connectivity index (χ4v) is 3.86. The Balaban J connectivity index is 1.66. The van der Waals surface area contributed by atoms with E-state index in [0.29, 0.717) is 21.8 Å². The molecular weight excluding hydrogens is 430 g/mol. The summed E-state index contributed by atoms with van der Waals surface area (Å²) in [5.74, 6) is -2.02. The average Bonchev–Trinajstić information content (AvgIpc) is 2.93. The summed E-state index contributed by atoms with van der Waals surface area (Å²) >= 11 is 11.8. The molecule has 8 heteroatoms. The molecule has 30 heavy (non-hydrogen) atoms. The summed E-state index contributed by atoms with van der Waals surface area (Å²) in [5, 5.41) is 14.4. The van der Waals surface area contributed by atoms with Crippen LogP contribution in [0.25, 0.3) is 0 Å². The molecule has 152 valence electrons. The third-order valence-corrected chi connectivity index (χ3v) is 5.36. The molecule has 2 N–H and O–H groups in total. The Morgan fingerprint density at radius 1 is 1.03 bits per heavy atom. The number of benzene rings is 3. The minimum Gasteiger partial charge on any atom is -0.372 e. The summed E-state index contributed by atoms with van der Waals surface area (Å²) < 4.78 is 14.0. The van der Waals surface area contributed by atoms with Gasteiger partial charge in [0.25, 0.3) is 5.91 Å². The number of carbonyl (C=O) groups excluding carboxylic acids is 2. The van der Waals surface area contributed by atoms with Gasteiger partial charge in [0.05, 0.1) is 11.4 Å². The number of para-hydroxylation sites is 1. The van der Waals surface area contributed by atoms with Gasteiger partial charge in [0, 0.05) is 15.6 Å². The quantitative estimate of drug-likeness (QED) is 0.628. The molecule has 1 atom stereocenters. The van der Waals surface area contributed by atoms with Crippen LogP contribution in [0.1, 0.15) is 11.1 Å². The Kier molecular flexibility index (Phi) is 5.24. The third-order valence-electron chi connectivity index (χ3n) is 4.89. The number of amides is 2. The highest BCUT2D eigenvalue weighted by Gasteiger charge is 2.51. The zero-order chi connectivity index (χ0) is 21.5. The smallest absolute Gasteiger partial charge is 0.268 e. The predicted molar refractivity (Wildman–Crippen MR) is 113 cm³/mol. The van der Waals surface area contributed by atoms with Gasteiger partial charge < -0.3 is 10.4 Å². The lowest BCUT2D eigenvalue weighted by Gasteiger charge is -2.23. The van der Waals surface area contributed by atoms with Crippen molar-refractivity contribution in [2.75, 3.05) is 16.8 Å². The van der Waals surface area contributed by atoms with Gasteiger partial charge in [-0.15, -0.1) is 0 Å². The van der Waals surface area contributed by atoms with Crippen molar-refractivity contribution in [1.82, 2.24) is 0 Å². The molecule has 0 fully saturated rings. The molecule has 3 aromatic carbocycles. The second-order valence-corrected chi connectivity index (χ2v) is 7.67. The molecule has 1 aliphatic rings. The van der Waals surface area contributed by atoms with Gasteiger partial charge >= 0.3 is 0 Å². The molecule has 1 aliphatic heterocycles. The highest BCUT2D eigenvalue weighted by Crippen LogP contribution is 2.44. The topological polar surface area (TPSA) is 69.6 Å². The van der Waals surface area contributed by atoms with Crippen LogP contribution in [0.5, 0.6) is 0 Å². The van der Waals surface area contributed by atoms with Crippen LogP contribution < -0.4 is 10.2 Å². The van der Waals surface area contributed by atoms with Gasteiger partial charge in [0.1, 0.15) is 12.4 Å². The zero-order valence-electron chi connectivity index (χ0n) is 15.4. The minimum atomic E-state index is -1.99. The van der Waals surface area contributed by atoms with Crippen LogP contribution in [0.4, 0.5) is 15.8 Å². The molecule has 0 spiro atoms. The van der Waals surface area contributed by atoms with E-state index in [-0.39, 0.29) is 10.7 Å². The summed E-state index contributed by atoms with van der Waals surface area (Å²) in [6.45, 7) is -0.416. The first kappa shape index (κ1) is 20.3. The minimum absolute atomic E-state index is 0.0607. The first-order valence-corrected chi connectivity index (χ1v) is 9.71. The third kappa shape index (κ3) is 3.43. The standard InChI is InChI=1S/C22H15Cl2FN2O3/c23-14-5-3-4-13(10-14)22(30)16-6-1-2-7-19(16)27(21(22)29)12-20(28)26-18-9-8-15(24)11-17(18)25/h1-11,30H,12H2,(H,26,28). The zero-order valence-corrected chi connectivity index (χ0v) is 16.9. The SMILES string of the molecule is O=C(CN1C(=O)C(O)(c2cccc(Cl)c2)c2ccccc21)Nc1ccc(Cl)cc1F. The van der Waals surface area contributed by atoms with E-state index in [0.717, 1.165) is 6.07 Å². The molecule has 0 saturated heterocycles. The maximum atomic E-state index is 14.0. The van der Waals surface area contributed by atoms with Crippen molar-refractivity contribution in [2.24, 2.45) is 0 Å². The Hall–Kier alpha value is -2.93. The van der Waals surface area contributed by atoms with Gasteiger partial charge in [0.15, 0.2) is 5.60 Å². The van der Waals surface area contributed by atoms with Gasteiger partial charge in [-0.05, 0) is 42.0 Å². The lowest BCUT2D eigenvalue weighted by molar-refractivity contribution is -0.133. The average molecular weight is 445 g/mol. The fraction of sp³-hybridized carbons (Fsp3) is 0.0909. The molecule has 0 radical (unpaired) electrons. The van der Waals surface area contributed by atoms with Crippen LogP contribution in [-0.4, -0.2) is 23.5 Å². The van der Waals surface area contributed by atoms with Gasteiger partial charge in [-0.2, -0.15) is 0 Å². The van der Waals surface area contributed by atoms with E-state index in [1.807, 2.05) is 0 Å². The number of nitrogens with one attached hydrogen (secondary N) is 1. The van der Waals surface area contributed by atoms with Crippen molar-refractivity contribution in [2.45, 2.75) is 5.60 Å². The molecule has 0 aliphatic carbocycles. The van der Waals surface area contributed by atoms with Crippen molar-refractivity contribution in [3.05, 3.63) is 93.7 Å². The van der Waals surface area contributed by atoms with E-state index in [1.54, 1.807) is 42.5 Å². The second-order valence-electron chi connectivity index (χ2n) is 6.80. The molecule has 1 heterocycles.